The van der Waals surface area contributed by atoms with Crippen LogP contribution in [0, 0.1) is 29.1 Å². The molecule has 0 aliphatic heterocycles. The number of nitriles is 1. The SMILES string of the molecule is CC(C)CC(C#N)[C@H](C)C(=O)O. The summed E-state index contributed by atoms with van der Waals surface area (Å²) in [6, 6.07) is 2.03. The fourth-order valence-electron chi connectivity index (χ4n) is 1.05. The van der Waals surface area contributed by atoms with Crippen LogP contribution in [-0.4, -0.2) is 11.1 Å². The molecule has 1 unspecified atom stereocenters. The van der Waals surface area contributed by atoms with Gasteiger partial charge in [0.25, 0.3) is 0 Å². The molecule has 0 aromatic carbocycles. The van der Waals surface area contributed by atoms with Crippen LogP contribution in [0.25, 0.3) is 0 Å². The zero-order chi connectivity index (χ0) is 9.72. The number of carboxylic acids is 1. The van der Waals surface area contributed by atoms with Gasteiger partial charge >= 0.3 is 5.97 Å². The maximum absolute atomic E-state index is 10.5. The second-order valence-electron chi connectivity index (χ2n) is 3.49. The number of hydrogen-bond acceptors (Lipinski definition) is 2. The minimum absolute atomic E-state index is 0.359. The van der Waals surface area contributed by atoms with Crippen molar-refractivity contribution in [1.82, 2.24) is 0 Å². The molecular formula is C9H15NO2. The summed E-state index contributed by atoms with van der Waals surface area (Å²) in [6.07, 6.45) is 0.657. The minimum atomic E-state index is -0.887. The quantitative estimate of drug-likeness (QED) is 0.699. The summed E-state index contributed by atoms with van der Waals surface area (Å²) in [4.78, 5) is 10.5. The van der Waals surface area contributed by atoms with Gasteiger partial charge in [0.2, 0.25) is 0 Å². The van der Waals surface area contributed by atoms with Crippen molar-refractivity contribution in [1.29, 1.82) is 5.26 Å². The maximum Gasteiger partial charge on any atom is 0.307 e. The van der Waals surface area contributed by atoms with E-state index in [-0.39, 0.29) is 5.92 Å². The summed E-state index contributed by atoms with van der Waals surface area (Å²) in [5.74, 6) is -1.43. The van der Waals surface area contributed by atoms with Crippen molar-refractivity contribution in [2.24, 2.45) is 17.8 Å². The summed E-state index contributed by atoms with van der Waals surface area (Å²) >= 11 is 0. The first-order valence-corrected chi connectivity index (χ1v) is 4.11. The molecule has 0 bridgehead atoms. The van der Waals surface area contributed by atoms with Gasteiger partial charge < -0.3 is 5.11 Å². The standard InChI is InChI=1S/C9H15NO2/c1-6(2)4-8(5-10)7(3)9(11)12/h6-8H,4H2,1-3H3,(H,11,12)/t7-,8?/m0/s1. The number of aliphatic carboxylic acids is 1. The molecule has 0 aromatic rings. The Balaban J connectivity index is 4.17. The average molecular weight is 169 g/mol. The van der Waals surface area contributed by atoms with Gasteiger partial charge in [0, 0.05) is 0 Å². The normalized spacial score (nSPS) is 15.2. The summed E-state index contributed by atoms with van der Waals surface area (Å²) < 4.78 is 0. The van der Waals surface area contributed by atoms with Gasteiger partial charge in [0.1, 0.15) is 0 Å². The van der Waals surface area contributed by atoms with E-state index in [4.69, 9.17) is 10.4 Å². The molecule has 0 spiro atoms. The van der Waals surface area contributed by atoms with Gasteiger partial charge in [-0.05, 0) is 12.3 Å². The van der Waals surface area contributed by atoms with Crippen LogP contribution in [0.4, 0.5) is 0 Å². The van der Waals surface area contributed by atoms with Crippen molar-refractivity contribution in [3.63, 3.8) is 0 Å². The second-order valence-corrected chi connectivity index (χ2v) is 3.49. The van der Waals surface area contributed by atoms with Crippen LogP contribution in [0.1, 0.15) is 27.2 Å². The molecule has 0 heterocycles. The predicted molar refractivity (Wildman–Crippen MR) is 45.4 cm³/mol. The molecule has 0 saturated heterocycles. The fourth-order valence-corrected chi connectivity index (χ4v) is 1.05. The Kier molecular flexibility index (Phi) is 4.35. The molecule has 0 saturated carbocycles. The van der Waals surface area contributed by atoms with Crippen molar-refractivity contribution in [3.8, 4) is 6.07 Å². The highest BCUT2D eigenvalue weighted by Gasteiger charge is 2.23. The predicted octanol–water partition coefficient (Wildman–Crippen LogP) is 1.89. The van der Waals surface area contributed by atoms with Crippen molar-refractivity contribution in [2.75, 3.05) is 0 Å². The van der Waals surface area contributed by atoms with Crippen LogP contribution in [-0.2, 0) is 4.79 Å². The molecule has 1 N–H and O–H groups in total. The van der Waals surface area contributed by atoms with Gasteiger partial charge in [-0.1, -0.05) is 20.8 Å². The van der Waals surface area contributed by atoms with E-state index < -0.39 is 11.9 Å². The molecular weight excluding hydrogens is 154 g/mol. The third-order valence-corrected chi connectivity index (χ3v) is 1.88. The summed E-state index contributed by atoms with van der Waals surface area (Å²) in [6.45, 7) is 5.55. The van der Waals surface area contributed by atoms with Crippen LogP contribution in [0.2, 0.25) is 0 Å². The van der Waals surface area contributed by atoms with Gasteiger partial charge in [0.05, 0.1) is 17.9 Å². The molecule has 0 fully saturated rings. The Morgan fingerprint density at radius 1 is 1.50 bits per heavy atom. The minimum Gasteiger partial charge on any atom is -0.481 e. The van der Waals surface area contributed by atoms with Crippen molar-refractivity contribution in [3.05, 3.63) is 0 Å². The van der Waals surface area contributed by atoms with E-state index in [1.807, 2.05) is 19.9 Å². The van der Waals surface area contributed by atoms with Crippen molar-refractivity contribution in [2.45, 2.75) is 27.2 Å². The molecule has 0 aliphatic rings. The number of hydrogen-bond donors (Lipinski definition) is 1. The number of carbonyl (C=O) groups is 1. The molecule has 0 radical (unpaired) electrons. The molecule has 0 amide bonds. The molecule has 12 heavy (non-hydrogen) atoms. The zero-order valence-corrected chi connectivity index (χ0v) is 7.74. The summed E-state index contributed by atoms with van der Waals surface area (Å²) in [7, 11) is 0. The third kappa shape index (κ3) is 3.38. The van der Waals surface area contributed by atoms with E-state index in [0.29, 0.717) is 12.3 Å². The lowest BCUT2D eigenvalue weighted by Crippen LogP contribution is -2.20. The smallest absolute Gasteiger partial charge is 0.307 e. The first-order valence-electron chi connectivity index (χ1n) is 4.11. The topological polar surface area (TPSA) is 61.1 Å². The van der Waals surface area contributed by atoms with Gasteiger partial charge in [-0.25, -0.2) is 0 Å². The molecule has 68 valence electrons. The Morgan fingerprint density at radius 2 is 2.00 bits per heavy atom. The fraction of sp³-hybridized carbons (Fsp3) is 0.778. The Labute approximate surface area is 73.0 Å². The van der Waals surface area contributed by atoms with E-state index in [2.05, 4.69) is 0 Å². The molecule has 3 heteroatoms. The summed E-state index contributed by atoms with van der Waals surface area (Å²) in [5, 5.41) is 17.3. The van der Waals surface area contributed by atoms with E-state index in [9.17, 15) is 4.79 Å². The van der Waals surface area contributed by atoms with Crippen molar-refractivity contribution >= 4 is 5.97 Å². The Hall–Kier alpha value is -1.04. The highest BCUT2D eigenvalue weighted by molar-refractivity contribution is 5.70. The lowest BCUT2D eigenvalue weighted by molar-refractivity contribution is -0.142. The van der Waals surface area contributed by atoms with Crippen LogP contribution < -0.4 is 0 Å². The van der Waals surface area contributed by atoms with Gasteiger partial charge in [0.15, 0.2) is 0 Å². The molecule has 0 rings (SSSR count). The van der Waals surface area contributed by atoms with Crippen molar-refractivity contribution < 1.29 is 9.90 Å². The number of rotatable bonds is 4. The van der Waals surface area contributed by atoms with Gasteiger partial charge in [-0.15, -0.1) is 0 Å². The number of nitrogens with zero attached hydrogens (tertiary/aromatic N) is 1. The maximum atomic E-state index is 10.5. The lowest BCUT2D eigenvalue weighted by Gasteiger charge is -2.14. The largest absolute Gasteiger partial charge is 0.481 e. The van der Waals surface area contributed by atoms with Crippen LogP contribution >= 0.6 is 0 Å². The van der Waals surface area contributed by atoms with E-state index in [1.165, 1.54) is 0 Å². The molecule has 2 atom stereocenters. The highest BCUT2D eigenvalue weighted by atomic mass is 16.4. The van der Waals surface area contributed by atoms with E-state index in [1.54, 1.807) is 6.92 Å². The third-order valence-electron chi connectivity index (χ3n) is 1.88. The van der Waals surface area contributed by atoms with Crippen LogP contribution in [0.3, 0.4) is 0 Å². The monoisotopic (exact) mass is 169 g/mol. The number of carboxylic acid groups (broad SMARTS) is 1. The zero-order valence-electron chi connectivity index (χ0n) is 7.74. The van der Waals surface area contributed by atoms with Gasteiger partial charge in [-0.2, -0.15) is 5.26 Å². The Bertz CT molecular complexity index is 193. The molecule has 0 aliphatic carbocycles. The van der Waals surface area contributed by atoms with E-state index in [0.717, 1.165) is 0 Å². The first-order chi connectivity index (χ1) is 5.49. The average Bonchev–Trinajstić information content (AvgIpc) is 1.98. The highest BCUT2D eigenvalue weighted by Crippen LogP contribution is 2.19. The summed E-state index contributed by atoms with van der Waals surface area (Å²) in [5.41, 5.74) is 0. The lowest BCUT2D eigenvalue weighted by atomic mass is 9.88. The van der Waals surface area contributed by atoms with Gasteiger partial charge in [-0.3, -0.25) is 4.79 Å². The van der Waals surface area contributed by atoms with Crippen LogP contribution in [0.15, 0.2) is 0 Å². The molecule has 0 aromatic heterocycles. The second kappa shape index (κ2) is 4.76. The van der Waals surface area contributed by atoms with E-state index >= 15 is 0 Å². The Morgan fingerprint density at radius 3 is 2.25 bits per heavy atom. The van der Waals surface area contributed by atoms with Crippen LogP contribution in [0.5, 0.6) is 0 Å². The molecule has 3 nitrogen and oxygen atoms in total. The first kappa shape index (κ1) is 11.0.